The molecule has 4 rings (SSSR count). The monoisotopic (exact) mass is 345 g/mol. The molecule has 2 fully saturated rings. The zero-order valence-electron chi connectivity index (χ0n) is 13.6. The molecule has 1 aromatic rings. The lowest BCUT2D eigenvalue weighted by Crippen LogP contribution is -2.42. The highest BCUT2D eigenvalue weighted by Gasteiger charge is 2.47. The average Bonchev–Trinajstić information content (AvgIpc) is 3.24. The zero-order chi connectivity index (χ0) is 16.8. The van der Waals surface area contributed by atoms with Gasteiger partial charge >= 0.3 is 0 Å². The molecule has 5 nitrogen and oxygen atoms in total. The van der Waals surface area contributed by atoms with Crippen LogP contribution in [0.5, 0.6) is 0 Å². The quantitative estimate of drug-likeness (QED) is 0.910. The van der Waals surface area contributed by atoms with Crippen molar-refractivity contribution in [2.75, 3.05) is 13.2 Å². The van der Waals surface area contributed by atoms with E-state index >= 15 is 0 Å². The van der Waals surface area contributed by atoms with E-state index in [1.54, 1.807) is 6.07 Å². The third-order valence-corrected chi connectivity index (χ3v) is 5.69. The maximum absolute atomic E-state index is 10.4. The number of halogens is 1. The zero-order valence-corrected chi connectivity index (χ0v) is 14.3. The maximum Gasteiger partial charge on any atom is 0.126 e. The molecule has 0 radical (unpaired) electrons. The number of hydrogen-bond donors (Lipinski definition) is 1. The minimum Gasteiger partial charge on any atom is -0.391 e. The van der Waals surface area contributed by atoms with Gasteiger partial charge in [-0.15, -0.1) is 0 Å². The molecule has 0 aromatic heterocycles. The third-order valence-electron chi connectivity index (χ3n) is 5.20. The number of aliphatic hydroxyl groups is 1. The van der Waals surface area contributed by atoms with Crippen molar-refractivity contribution in [1.82, 2.24) is 5.01 Å². The van der Waals surface area contributed by atoms with Gasteiger partial charge in [0.15, 0.2) is 0 Å². The van der Waals surface area contributed by atoms with Crippen LogP contribution in [0.25, 0.3) is 0 Å². The molecule has 0 bridgehead atoms. The van der Waals surface area contributed by atoms with Crippen molar-refractivity contribution < 1.29 is 9.84 Å². The van der Waals surface area contributed by atoms with Crippen molar-refractivity contribution in [2.45, 2.75) is 44.4 Å². The summed E-state index contributed by atoms with van der Waals surface area (Å²) in [5, 5.41) is 26.6. The molecule has 24 heavy (non-hydrogen) atoms. The average molecular weight is 346 g/mol. The summed E-state index contributed by atoms with van der Waals surface area (Å²) < 4.78 is 6.19. The van der Waals surface area contributed by atoms with Crippen LogP contribution < -0.4 is 0 Å². The normalized spacial score (nSPS) is 28.7. The second-order valence-electron chi connectivity index (χ2n) is 6.90. The van der Waals surface area contributed by atoms with E-state index in [1.165, 1.54) is 12.8 Å². The smallest absolute Gasteiger partial charge is 0.126 e. The molecule has 3 atom stereocenters. The molecule has 3 aliphatic rings. The van der Waals surface area contributed by atoms with Gasteiger partial charge in [-0.25, -0.2) is 0 Å². The topological polar surface area (TPSA) is 68.8 Å². The predicted octanol–water partition coefficient (Wildman–Crippen LogP) is 2.47. The summed E-state index contributed by atoms with van der Waals surface area (Å²) in [5.41, 5.74) is 3.03. The Kier molecular flexibility index (Phi) is 4.00. The first-order valence-corrected chi connectivity index (χ1v) is 8.82. The number of fused-ring (bicyclic) bond motifs is 1. The standard InChI is InChI=1S/C18H20ClN3O2/c1-10-13(5-4-12(8-20)15(10)19)16-18(24-9-11-2-3-11)17-14(23)6-7-22(17)21-16/h4-5,11,14,17-18,23H,2-3,6-7,9H2,1H3/t14-,17+,18-/m1/s1. The van der Waals surface area contributed by atoms with Gasteiger partial charge < -0.3 is 9.84 Å². The first-order valence-electron chi connectivity index (χ1n) is 8.44. The van der Waals surface area contributed by atoms with Crippen molar-refractivity contribution in [3.05, 3.63) is 33.8 Å². The molecule has 0 amide bonds. The molecule has 1 aliphatic carbocycles. The lowest BCUT2D eigenvalue weighted by molar-refractivity contribution is 0.0110. The third kappa shape index (κ3) is 2.59. The van der Waals surface area contributed by atoms with Gasteiger partial charge in [0.25, 0.3) is 0 Å². The Balaban J connectivity index is 1.69. The Hall–Kier alpha value is -1.61. The molecule has 0 spiro atoms. The molecule has 1 aromatic carbocycles. The molecule has 6 heteroatoms. The molecule has 2 heterocycles. The highest BCUT2D eigenvalue weighted by molar-refractivity contribution is 6.33. The fourth-order valence-corrected chi connectivity index (χ4v) is 3.78. The molecule has 1 saturated heterocycles. The van der Waals surface area contributed by atoms with Crippen LogP contribution in [0.1, 0.15) is 36.0 Å². The number of benzene rings is 1. The Labute approximate surface area is 146 Å². The summed E-state index contributed by atoms with van der Waals surface area (Å²) in [7, 11) is 0. The summed E-state index contributed by atoms with van der Waals surface area (Å²) in [6.07, 6.45) is 2.49. The van der Waals surface area contributed by atoms with Gasteiger partial charge in [0.2, 0.25) is 0 Å². The Morgan fingerprint density at radius 3 is 2.92 bits per heavy atom. The Morgan fingerprint density at radius 2 is 2.21 bits per heavy atom. The van der Waals surface area contributed by atoms with Gasteiger partial charge in [0.05, 0.1) is 29.0 Å². The van der Waals surface area contributed by atoms with Crippen LogP contribution >= 0.6 is 11.6 Å². The van der Waals surface area contributed by atoms with Crippen molar-refractivity contribution in [2.24, 2.45) is 11.0 Å². The van der Waals surface area contributed by atoms with Gasteiger partial charge in [-0.05, 0) is 43.7 Å². The van der Waals surface area contributed by atoms with E-state index in [4.69, 9.17) is 26.7 Å². The first-order chi connectivity index (χ1) is 11.6. The largest absolute Gasteiger partial charge is 0.391 e. The van der Waals surface area contributed by atoms with Gasteiger partial charge in [0, 0.05) is 12.1 Å². The highest BCUT2D eigenvalue weighted by atomic mass is 35.5. The van der Waals surface area contributed by atoms with Crippen molar-refractivity contribution in [3.8, 4) is 6.07 Å². The number of aliphatic hydroxyl groups excluding tert-OH is 1. The van der Waals surface area contributed by atoms with Crippen LogP contribution in [0.3, 0.4) is 0 Å². The van der Waals surface area contributed by atoms with Crippen molar-refractivity contribution in [1.29, 1.82) is 5.26 Å². The fourth-order valence-electron chi connectivity index (χ4n) is 3.57. The second-order valence-corrected chi connectivity index (χ2v) is 7.28. The number of hydrogen-bond acceptors (Lipinski definition) is 5. The lowest BCUT2D eigenvalue weighted by atomic mass is 9.94. The highest BCUT2D eigenvalue weighted by Crippen LogP contribution is 2.36. The van der Waals surface area contributed by atoms with Crippen molar-refractivity contribution >= 4 is 17.3 Å². The number of nitriles is 1. The minimum absolute atomic E-state index is 0.118. The molecule has 0 unspecified atom stereocenters. The minimum atomic E-state index is -0.426. The first kappa shape index (κ1) is 15.9. The van der Waals surface area contributed by atoms with E-state index in [9.17, 15) is 5.11 Å². The number of nitrogens with zero attached hydrogens (tertiary/aromatic N) is 3. The number of hydrazone groups is 1. The molecular formula is C18H20ClN3O2. The number of rotatable bonds is 4. The summed E-state index contributed by atoms with van der Waals surface area (Å²) in [4.78, 5) is 0. The van der Waals surface area contributed by atoms with Gasteiger partial charge in [0.1, 0.15) is 18.2 Å². The maximum atomic E-state index is 10.4. The second kappa shape index (κ2) is 6.03. The van der Waals surface area contributed by atoms with Crippen molar-refractivity contribution in [3.63, 3.8) is 0 Å². The van der Waals surface area contributed by atoms with Gasteiger partial charge in [-0.3, -0.25) is 5.01 Å². The van der Waals surface area contributed by atoms with Crippen LogP contribution in [-0.2, 0) is 4.74 Å². The predicted molar refractivity (Wildman–Crippen MR) is 91.0 cm³/mol. The van der Waals surface area contributed by atoms with E-state index < -0.39 is 6.10 Å². The summed E-state index contributed by atoms with van der Waals surface area (Å²) in [6, 6.07) is 5.61. The van der Waals surface area contributed by atoms with Gasteiger partial charge in [-0.2, -0.15) is 10.4 Å². The summed E-state index contributed by atoms with van der Waals surface area (Å²) in [5.74, 6) is 0.643. The van der Waals surface area contributed by atoms with Crippen LogP contribution in [0.15, 0.2) is 17.2 Å². The lowest BCUT2D eigenvalue weighted by Gasteiger charge is -2.24. The number of ether oxygens (including phenoxy) is 1. The van der Waals surface area contributed by atoms with Crippen LogP contribution in [-0.4, -0.2) is 47.2 Å². The van der Waals surface area contributed by atoms with Crippen LogP contribution in [0.2, 0.25) is 5.02 Å². The SMILES string of the molecule is Cc1c(C2=NN3CC[C@@H](O)[C@H]3[C@@H]2OCC2CC2)ccc(C#N)c1Cl. The van der Waals surface area contributed by atoms with Crippen LogP contribution in [0, 0.1) is 24.2 Å². The molecule has 126 valence electrons. The van der Waals surface area contributed by atoms with E-state index in [0.717, 1.165) is 29.8 Å². The Bertz CT molecular complexity index is 739. The summed E-state index contributed by atoms with van der Waals surface area (Å²) >= 11 is 6.33. The van der Waals surface area contributed by atoms with E-state index in [-0.39, 0.29) is 12.1 Å². The molecule has 1 N–H and O–H groups in total. The van der Waals surface area contributed by atoms with E-state index in [1.807, 2.05) is 18.0 Å². The van der Waals surface area contributed by atoms with E-state index in [0.29, 0.717) is 23.1 Å². The van der Waals surface area contributed by atoms with Crippen LogP contribution in [0.4, 0.5) is 0 Å². The molecular weight excluding hydrogens is 326 g/mol. The molecule has 1 saturated carbocycles. The summed E-state index contributed by atoms with van der Waals surface area (Å²) in [6.45, 7) is 3.35. The fraction of sp³-hybridized carbons (Fsp3) is 0.556. The molecule has 2 aliphatic heterocycles. The Morgan fingerprint density at radius 1 is 1.42 bits per heavy atom. The van der Waals surface area contributed by atoms with E-state index in [2.05, 4.69) is 6.07 Å². The van der Waals surface area contributed by atoms with Gasteiger partial charge in [-0.1, -0.05) is 17.7 Å².